The topological polar surface area (TPSA) is 84.5 Å². The molecular weight excluding hydrogens is 402 g/mol. The molecule has 0 fully saturated rings. The summed E-state index contributed by atoms with van der Waals surface area (Å²) < 4.78 is 33.5. The van der Waals surface area contributed by atoms with Gasteiger partial charge in [0.15, 0.2) is 23.0 Å². The Labute approximate surface area is 181 Å². The fraction of sp³-hybridized carbons (Fsp3) is 0.435. The average molecular weight is 429 g/mol. The molecule has 0 spiro atoms. The zero-order valence-electron chi connectivity index (χ0n) is 18.4. The monoisotopic (exact) mass is 429 g/mol. The minimum atomic E-state index is -0.536. The molecule has 2 aromatic carbocycles. The Morgan fingerprint density at radius 1 is 1.03 bits per heavy atom. The molecule has 0 amide bonds. The van der Waals surface area contributed by atoms with Gasteiger partial charge in [-0.2, -0.15) is 0 Å². The van der Waals surface area contributed by atoms with Crippen molar-refractivity contribution >= 4 is 5.97 Å². The second kappa shape index (κ2) is 8.55. The second-order valence-electron chi connectivity index (χ2n) is 6.99. The van der Waals surface area contributed by atoms with Crippen LogP contribution in [0.3, 0.4) is 0 Å². The number of rotatable bonds is 4. The average Bonchev–Trinajstić information content (AvgIpc) is 3.42. The smallest absolute Gasteiger partial charge is 0.343 e. The standard InChI is InChI=1S/C21H21NO7.C2H6/c1-24-12-5-4-11-15(18(12)25-2)21(23)29-17(11)16-14-10(6-7-22-16)8-13-19(20(14)26-3)28-9-27-13;1-2/h4-5,8,16-17,22H,6-7,9H2,1-3H3;1-2H3/t16-,17+;/m1./s1. The zero-order chi connectivity index (χ0) is 22.1. The number of cyclic esters (lactones) is 1. The van der Waals surface area contributed by atoms with Gasteiger partial charge in [-0.3, -0.25) is 0 Å². The molecule has 2 atom stereocenters. The summed E-state index contributed by atoms with van der Waals surface area (Å²) in [5, 5.41) is 3.49. The third kappa shape index (κ3) is 3.22. The van der Waals surface area contributed by atoms with Gasteiger partial charge < -0.3 is 33.7 Å². The molecule has 0 aliphatic carbocycles. The van der Waals surface area contributed by atoms with Crippen molar-refractivity contribution in [1.82, 2.24) is 5.32 Å². The SMILES string of the molecule is CC.COc1ccc2c(c1OC)C(=O)O[C@@H]2[C@@H]1NCCc2cc3c(c(OC)c21)OCO3. The number of hydrogen-bond donors (Lipinski definition) is 1. The molecule has 5 rings (SSSR count). The van der Waals surface area contributed by atoms with Crippen molar-refractivity contribution < 1.29 is 33.2 Å². The van der Waals surface area contributed by atoms with Gasteiger partial charge in [0.05, 0.1) is 27.4 Å². The minimum Gasteiger partial charge on any atom is -0.493 e. The quantitative estimate of drug-likeness (QED) is 0.739. The molecule has 0 aromatic heterocycles. The maximum absolute atomic E-state index is 12.8. The third-order valence-electron chi connectivity index (χ3n) is 5.64. The highest BCUT2D eigenvalue weighted by Gasteiger charge is 2.44. The fourth-order valence-electron chi connectivity index (χ4n) is 4.43. The number of esters is 1. The van der Waals surface area contributed by atoms with E-state index >= 15 is 0 Å². The molecule has 0 saturated heterocycles. The van der Waals surface area contributed by atoms with E-state index in [1.54, 1.807) is 13.2 Å². The molecule has 8 nitrogen and oxygen atoms in total. The molecule has 0 unspecified atom stereocenters. The molecule has 3 aliphatic heterocycles. The fourth-order valence-corrected chi connectivity index (χ4v) is 4.43. The van der Waals surface area contributed by atoms with E-state index in [1.165, 1.54) is 14.2 Å². The Hall–Kier alpha value is -3.13. The molecule has 31 heavy (non-hydrogen) atoms. The molecule has 8 heteroatoms. The lowest BCUT2D eigenvalue weighted by molar-refractivity contribution is 0.0282. The third-order valence-corrected chi connectivity index (χ3v) is 5.64. The Morgan fingerprint density at radius 3 is 2.52 bits per heavy atom. The summed E-state index contributed by atoms with van der Waals surface area (Å²) in [6, 6.07) is 5.32. The van der Waals surface area contributed by atoms with E-state index in [1.807, 2.05) is 26.0 Å². The van der Waals surface area contributed by atoms with E-state index in [-0.39, 0.29) is 12.8 Å². The predicted molar refractivity (Wildman–Crippen MR) is 113 cm³/mol. The maximum atomic E-state index is 12.8. The van der Waals surface area contributed by atoms with Crippen LogP contribution >= 0.6 is 0 Å². The molecule has 3 heterocycles. The van der Waals surface area contributed by atoms with Crippen molar-refractivity contribution in [2.24, 2.45) is 0 Å². The summed E-state index contributed by atoms with van der Waals surface area (Å²) in [6.07, 6.45) is 0.267. The largest absolute Gasteiger partial charge is 0.493 e. The molecule has 1 N–H and O–H groups in total. The number of fused-ring (bicyclic) bond motifs is 3. The van der Waals surface area contributed by atoms with Gasteiger partial charge in [-0.1, -0.05) is 19.9 Å². The molecular formula is C23H27NO7. The molecule has 0 saturated carbocycles. The van der Waals surface area contributed by atoms with E-state index in [2.05, 4.69) is 5.32 Å². The normalized spacial score (nSPS) is 20.1. The van der Waals surface area contributed by atoms with Crippen LogP contribution in [0.5, 0.6) is 28.7 Å². The highest BCUT2D eigenvalue weighted by atomic mass is 16.7. The van der Waals surface area contributed by atoms with E-state index in [0.717, 1.165) is 29.7 Å². The number of carbonyl (C=O) groups excluding carboxylic acids is 1. The first-order valence-electron chi connectivity index (χ1n) is 10.4. The van der Waals surface area contributed by atoms with Gasteiger partial charge in [0.1, 0.15) is 11.7 Å². The van der Waals surface area contributed by atoms with Crippen LogP contribution in [0.4, 0.5) is 0 Å². The van der Waals surface area contributed by atoms with Crippen LogP contribution in [-0.4, -0.2) is 40.6 Å². The van der Waals surface area contributed by atoms with Crippen molar-refractivity contribution in [3.05, 3.63) is 40.5 Å². The highest BCUT2D eigenvalue weighted by molar-refractivity contribution is 5.98. The van der Waals surface area contributed by atoms with Crippen LogP contribution in [0, 0.1) is 0 Å². The molecule has 3 aliphatic rings. The molecule has 0 bridgehead atoms. The van der Waals surface area contributed by atoms with Gasteiger partial charge >= 0.3 is 5.97 Å². The molecule has 0 radical (unpaired) electrons. The highest BCUT2D eigenvalue weighted by Crippen LogP contribution is 2.53. The second-order valence-corrected chi connectivity index (χ2v) is 6.99. The van der Waals surface area contributed by atoms with Crippen LogP contribution in [0.25, 0.3) is 0 Å². The van der Waals surface area contributed by atoms with E-state index in [0.29, 0.717) is 34.3 Å². The van der Waals surface area contributed by atoms with E-state index in [9.17, 15) is 4.79 Å². The summed E-state index contributed by atoms with van der Waals surface area (Å²) in [5.41, 5.74) is 3.14. The van der Waals surface area contributed by atoms with E-state index in [4.69, 9.17) is 28.4 Å². The first kappa shape index (κ1) is 21.1. The summed E-state index contributed by atoms with van der Waals surface area (Å²) in [4.78, 5) is 12.8. The number of hydrogen-bond acceptors (Lipinski definition) is 8. The van der Waals surface area contributed by atoms with Crippen molar-refractivity contribution in [3.8, 4) is 28.7 Å². The number of ether oxygens (including phenoxy) is 6. The van der Waals surface area contributed by atoms with Gasteiger partial charge in [-0.15, -0.1) is 0 Å². The van der Waals surface area contributed by atoms with E-state index < -0.39 is 12.1 Å². The summed E-state index contributed by atoms with van der Waals surface area (Å²) in [7, 11) is 4.65. The van der Waals surface area contributed by atoms with Crippen molar-refractivity contribution in [1.29, 1.82) is 0 Å². The zero-order valence-corrected chi connectivity index (χ0v) is 18.4. The van der Waals surface area contributed by atoms with Crippen LogP contribution < -0.4 is 29.0 Å². The lowest BCUT2D eigenvalue weighted by atomic mass is 9.86. The lowest BCUT2D eigenvalue weighted by Gasteiger charge is -2.32. The number of nitrogens with one attached hydrogen (secondary N) is 1. The number of methoxy groups -OCH3 is 3. The predicted octanol–water partition coefficient (Wildman–Crippen LogP) is 3.57. The van der Waals surface area contributed by atoms with Crippen LogP contribution in [0.1, 0.15) is 53.0 Å². The van der Waals surface area contributed by atoms with Gasteiger partial charge in [-0.25, -0.2) is 4.79 Å². The van der Waals surface area contributed by atoms with Gasteiger partial charge in [0, 0.05) is 11.1 Å². The number of carbonyl (C=O) groups is 1. The minimum absolute atomic E-state index is 0.158. The Bertz CT molecular complexity index is 1000. The summed E-state index contributed by atoms with van der Waals surface area (Å²) in [6.45, 7) is 4.89. The summed E-state index contributed by atoms with van der Waals surface area (Å²) in [5.74, 6) is 2.30. The Kier molecular flexibility index (Phi) is 5.82. The van der Waals surface area contributed by atoms with Gasteiger partial charge in [0.25, 0.3) is 0 Å². The van der Waals surface area contributed by atoms with Crippen molar-refractivity contribution in [3.63, 3.8) is 0 Å². The van der Waals surface area contributed by atoms with Crippen LogP contribution in [0.2, 0.25) is 0 Å². The number of benzene rings is 2. The van der Waals surface area contributed by atoms with Gasteiger partial charge in [-0.05, 0) is 30.7 Å². The lowest BCUT2D eigenvalue weighted by Crippen LogP contribution is -2.34. The molecule has 166 valence electrons. The summed E-state index contributed by atoms with van der Waals surface area (Å²) >= 11 is 0. The first-order chi connectivity index (χ1) is 15.2. The Morgan fingerprint density at radius 2 is 1.81 bits per heavy atom. The van der Waals surface area contributed by atoms with Crippen LogP contribution in [0.15, 0.2) is 18.2 Å². The van der Waals surface area contributed by atoms with Gasteiger partial charge in [0.2, 0.25) is 12.5 Å². The maximum Gasteiger partial charge on any atom is 0.343 e. The first-order valence-corrected chi connectivity index (χ1v) is 10.4. The Balaban J connectivity index is 0.00000112. The van der Waals surface area contributed by atoms with Crippen molar-refractivity contribution in [2.45, 2.75) is 32.4 Å². The molecule has 2 aromatic rings. The van der Waals surface area contributed by atoms with Crippen LogP contribution in [-0.2, 0) is 11.2 Å². The van der Waals surface area contributed by atoms with Crippen molar-refractivity contribution in [2.75, 3.05) is 34.7 Å².